The standard InChI is InChI=1S/C9H8Cl2S/c10-8-4-1-5-9(11)7(8)3-2-6-12/h1-5,12H,6H2. The fourth-order valence-corrected chi connectivity index (χ4v) is 1.47. The molecule has 0 fully saturated rings. The van der Waals surface area contributed by atoms with E-state index in [1.807, 2.05) is 30.4 Å². The highest BCUT2D eigenvalue weighted by Gasteiger charge is 1.99. The summed E-state index contributed by atoms with van der Waals surface area (Å²) in [7, 11) is 0. The van der Waals surface area contributed by atoms with Crippen molar-refractivity contribution < 1.29 is 0 Å². The monoisotopic (exact) mass is 218 g/mol. The maximum Gasteiger partial charge on any atom is 0.0493 e. The minimum Gasteiger partial charge on any atom is -0.175 e. The maximum absolute atomic E-state index is 5.90. The molecule has 1 aromatic carbocycles. The van der Waals surface area contributed by atoms with Gasteiger partial charge in [0.25, 0.3) is 0 Å². The lowest BCUT2D eigenvalue weighted by Crippen LogP contribution is -1.76. The molecule has 0 aliphatic carbocycles. The molecule has 0 bridgehead atoms. The molecule has 0 heterocycles. The summed E-state index contributed by atoms with van der Waals surface area (Å²) >= 11 is 15.9. The van der Waals surface area contributed by atoms with Crippen LogP contribution in [-0.4, -0.2) is 5.75 Å². The van der Waals surface area contributed by atoms with E-state index < -0.39 is 0 Å². The zero-order valence-electron chi connectivity index (χ0n) is 6.30. The molecule has 64 valence electrons. The third-order valence-electron chi connectivity index (χ3n) is 1.39. The molecular formula is C9H8Cl2S. The van der Waals surface area contributed by atoms with Crippen LogP contribution in [0.4, 0.5) is 0 Å². The van der Waals surface area contributed by atoms with Gasteiger partial charge < -0.3 is 0 Å². The summed E-state index contributed by atoms with van der Waals surface area (Å²) in [4.78, 5) is 0. The molecule has 1 rings (SSSR count). The van der Waals surface area contributed by atoms with Crippen molar-refractivity contribution in [2.24, 2.45) is 0 Å². The van der Waals surface area contributed by atoms with E-state index in [4.69, 9.17) is 23.2 Å². The Morgan fingerprint density at radius 3 is 2.33 bits per heavy atom. The first-order chi connectivity index (χ1) is 5.75. The van der Waals surface area contributed by atoms with Crippen molar-refractivity contribution in [3.8, 4) is 0 Å². The largest absolute Gasteiger partial charge is 0.175 e. The van der Waals surface area contributed by atoms with E-state index in [1.54, 1.807) is 0 Å². The Morgan fingerprint density at radius 2 is 1.83 bits per heavy atom. The van der Waals surface area contributed by atoms with Gasteiger partial charge in [0.05, 0.1) is 0 Å². The Morgan fingerprint density at radius 1 is 1.25 bits per heavy atom. The number of thiol groups is 1. The quantitative estimate of drug-likeness (QED) is 0.715. The van der Waals surface area contributed by atoms with Gasteiger partial charge in [-0.3, -0.25) is 0 Å². The van der Waals surface area contributed by atoms with E-state index >= 15 is 0 Å². The summed E-state index contributed by atoms with van der Waals surface area (Å²) < 4.78 is 0. The van der Waals surface area contributed by atoms with Crippen LogP contribution >= 0.6 is 35.8 Å². The van der Waals surface area contributed by atoms with E-state index in [-0.39, 0.29) is 0 Å². The predicted molar refractivity (Wildman–Crippen MR) is 59.3 cm³/mol. The van der Waals surface area contributed by atoms with Crippen LogP contribution in [0.5, 0.6) is 0 Å². The number of hydrogen-bond donors (Lipinski definition) is 1. The SMILES string of the molecule is SCC=Cc1c(Cl)cccc1Cl. The van der Waals surface area contributed by atoms with Crippen LogP contribution in [0.2, 0.25) is 10.0 Å². The van der Waals surface area contributed by atoms with Crippen LogP contribution in [-0.2, 0) is 0 Å². The predicted octanol–water partition coefficient (Wildman–Crippen LogP) is 3.94. The molecule has 0 atom stereocenters. The summed E-state index contributed by atoms with van der Waals surface area (Å²) in [6, 6.07) is 5.44. The maximum atomic E-state index is 5.90. The van der Waals surface area contributed by atoms with E-state index in [9.17, 15) is 0 Å². The van der Waals surface area contributed by atoms with Gasteiger partial charge >= 0.3 is 0 Å². The van der Waals surface area contributed by atoms with Gasteiger partial charge in [0, 0.05) is 21.4 Å². The molecule has 0 radical (unpaired) electrons. The molecule has 0 spiro atoms. The summed E-state index contributed by atoms with van der Waals surface area (Å²) in [5.41, 5.74) is 0.856. The molecule has 0 aliphatic heterocycles. The molecule has 0 aliphatic rings. The topological polar surface area (TPSA) is 0 Å². The van der Waals surface area contributed by atoms with Crippen molar-refractivity contribution in [3.05, 3.63) is 39.9 Å². The number of halogens is 2. The minimum absolute atomic E-state index is 0.667. The van der Waals surface area contributed by atoms with Crippen molar-refractivity contribution in [1.82, 2.24) is 0 Å². The first-order valence-electron chi connectivity index (χ1n) is 3.47. The highest BCUT2D eigenvalue weighted by Crippen LogP contribution is 2.25. The lowest BCUT2D eigenvalue weighted by atomic mass is 10.2. The fourth-order valence-electron chi connectivity index (χ4n) is 0.840. The minimum atomic E-state index is 0.667. The normalized spacial score (nSPS) is 10.9. The molecular weight excluding hydrogens is 211 g/mol. The number of benzene rings is 1. The second-order valence-corrected chi connectivity index (χ2v) is 3.40. The van der Waals surface area contributed by atoms with E-state index in [2.05, 4.69) is 12.6 Å². The van der Waals surface area contributed by atoms with Crippen molar-refractivity contribution in [1.29, 1.82) is 0 Å². The highest BCUT2D eigenvalue weighted by atomic mass is 35.5. The van der Waals surface area contributed by atoms with Crippen LogP contribution in [0.25, 0.3) is 6.08 Å². The number of rotatable bonds is 2. The molecule has 1 aromatic rings. The molecule has 0 nitrogen and oxygen atoms in total. The number of hydrogen-bond acceptors (Lipinski definition) is 1. The summed E-state index contributed by atoms with van der Waals surface area (Å²) in [6.45, 7) is 0. The van der Waals surface area contributed by atoms with Gasteiger partial charge in [-0.05, 0) is 12.1 Å². The third kappa shape index (κ3) is 2.44. The summed E-state index contributed by atoms with van der Waals surface area (Å²) in [5, 5.41) is 1.33. The first kappa shape index (κ1) is 9.97. The second kappa shape index (κ2) is 4.80. The first-order valence-corrected chi connectivity index (χ1v) is 4.86. The van der Waals surface area contributed by atoms with Gasteiger partial charge in [0.2, 0.25) is 0 Å². The zero-order valence-corrected chi connectivity index (χ0v) is 8.70. The average Bonchev–Trinajstić information content (AvgIpc) is 2.04. The van der Waals surface area contributed by atoms with Gasteiger partial charge in [-0.15, -0.1) is 0 Å². The van der Waals surface area contributed by atoms with Gasteiger partial charge in [0.15, 0.2) is 0 Å². The molecule has 0 aromatic heterocycles. The summed E-state index contributed by atoms with van der Waals surface area (Å²) in [5.74, 6) is 0.682. The Balaban J connectivity index is 3.04. The lowest BCUT2D eigenvalue weighted by molar-refractivity contribution is 1.64. The average molecular weight is 219 g/mol. The van der Waals surface area contributed by atoms with Crippen LogP contribution in [0.3, 0.4) is 0 Å². The van der Waals surface area contributed by atoms with Crippen molar-refractivity contribution in [2.45, 2.75) is 0 Å². The smallest absolute Gasteiger partial charge is 0.0493 e. The van der Waals surface area contributed by atoms with Gasteiger partial charge in [-0.2, -0.15) is 12.6 Å². The van der Waals surface area contributed by atoms with E-state index in [0.717, 1.165) is 5.56 Å². The van der Waals surface area contributed by atoms with Crippen LogP contribution < -0.4 is 0 Å². The van der Waals surface area contributed by atoms with Crippen molar-refractivity contribution in [3.63, 3.8) is 0 Å². The van der Waals surface area contributed by atoms with Gasteiger partial charge in [-0.25, -0.2) is 0 Å². The van der Waals surface area contributed by atoms with Crippen LogP contribution in [0.1, 0.15) is 5.56 Å². The van der Waals surface area contributed by atoms with Crippen LogP contribution in [0, 0.1) is 0 Å². The molecule has 0 saturated carbocycles. The van der Waals surface area contributed by atoms with Crippen LogP contribution in [0.15, 0.2) is 24.3 Å². The third-order valence-corrected chi connectivity index (χ3v) is 2.26. The fraction of sp³-hybridized carbons (Fsp3) is 0.111. The Labute approximate surface area is 87.6 Å². The second-order valence-electron chi connectivity index (χ2n) is 2.22. The summed E-state index contributed by atoms with van der Waals surface area (Å²) in [6.07, 6.45) is 3.77. The Bertz CT molecular complexity index is 274. The highest BCUT2D eigenvalue weighted by molar-refractivity contribution is 7.80. The molecule has 0 N–H and O–H groups in total. The van der Waals surface area contributed by atoms with Gasteiger partial charge in [0.1, 0.15) is 0 Å². The zero-order chi connectivity index (χ0) is 8.97. The Kier molecular flexibility index (Phi) is 3.99. The van der Waals surface area contributed by atoms with Crippen molar-refractivity contribution in [2.75, 3.05) is 5.75 Å². The van der Waals surface area contributed by atoms with E-state index in [0.29, 0.717) is 15.8 Å². The lowest BCUT2D eigenvalue weighted by Gasteiger charge is -1.99. The Hall–Kier alpha value is -0.110. The van der Waals surface area contributed by atoms with Crippen molar-refractivity contribution >= 4 is 41.9 Å². The van der Waals surface area contributed by atoms with Gasteiger partial charge in [-0.1, -0.05) is 41.4 Å². The molecule has 3 heteroatoms. The van der Waals surface area contributed by atoms with E-state index in [1.165, 1.54) is 0 Å². The molecule has 12 heavy (non-hydrogen) atoms. The molecule has 0 amide bonds. The molecule has 0 saturated heterocycles. The molecule has 0 unspecified atom stereocenters.